The number of hydrogen-bond acceptors (Lipinski definition) is 3. The van der Waals surface area contributed by atoms with Crippen molar-refractivity contribution in [3.05, 3.63) is 29.8 Å². The number of nitrogens with one attached hydrogen (secondary N) is 1. The maximum atomic E-state index is 12.5. The molecule has 1 fully saturated rings. The molecule has 0 saturated carbocycles. The van der Waals surface area contributed by atoms with Gasteiger partial charge in [-0.3, -0.25) is 4.79 Å². The summed E-state index contributed by atoms with van der Waals surface area (Å²) in [4.78, 5) is 12.5. The van der Waals surface area contributed by atoms with Crippen LogP contribution in [0.1, 0.15) is 31.7 Å². The SMILES string of the molecule is CCC1(C(=O)Cc2ccccc2OC)CCCN1. The second-order valence-corrected chi connectivity index (χ2v) is 4.88. The molecule has 1 aromatic rings. The van der Waals surface area contributed by atoms with Crippen LogP contribution >= 0.6 is 0 Å². The summed E-state index contributed by atoms with van der Waals surface area (Å²) in [6.07, 6.45) is 3.36. The van der Waals surface area contributed by atoms with Crippen LogP contribution in [0.5, 0.6) is 5.75 Å². The van der Waals surface area contributed by atoms with Crippen molar-refractivity contribution in [2.45, 2.75) is 38.1 Å². The summed E-state index contributed by atoms with van der Waals surface area (Å²) < 4.78 is 5.30. The molecule has 1 N–H and O–H groups in total. The minimum absolute atomic E-state index is 0.284. The Balaban J connectivity index is 2.15. The van der Waals surface area contributed by atoms with Crippen molar-refractivity contribution in [3.63, 3.8) is 0 Å². The van der Waals surface area contributed by atoms with Gasteiger partial charge < -0.3 is 10.1 Å². The highest BCUT2D eigenvalue weighted by Gasteiger charge is 2.38. The molecular formula is C15H21NO2. The van der Waals surface area contributed by atoms with Crippen LogP contribution < -0.4 is 10.1 Å². The van der Waals surface area contributed by atoms with Crippen LogP contribution in [0.4, 0.5) is 0 Å². The zero-order valence-electron chi connectivity index (χ0n) is 11.2. The Kier molecular flexibility index (Phi) is 4.02. The molecule has 2 rings (SSSR count). The van der Waals surface area contributed by atoms with Gasteiger partial charge in [0, 0.05) is 12.0 Å². The summed E-state index contributed by atoms with van der Waals surface area (Å²) in [7, 11) is 1.65. The van der Waals surface area contributed by atoms with Gasteiger partial charge in [0.05, 0.1) is 12.6 Å². The van der Waals surface area contributed by atoms with Gasteiger partial charge in [0.1, 0.15) is 5.75 Å². The third-order valence-corrected chi connectivity index (χ3v) is 3.92. The van der Waals surface area contributed by atoms with E-state index >= 15 is 0 Å². The molecule has 3 heteroatoms. The number of rotatable bonds is 5. The number of Topliss-reactive ketones (excluding diaryl/α,β-unsaturated/α-hetero) is 1. The lowest BCUT2D eigenvalue weighted by molar-refractivity contribution is -0.124. The first-order valence-corrected chi connectivity index (χ1v) is 6.62. The fourth-order valence-corrected chi connectivity index (χ4v) is 2.73. The summed E-state index contributed by atoms with van der Waals surface area (Å²) in [5, 5.41) is 3.39. The van der Waals surface area contributed by atoms with Crippen molar-refractivity contribution >= 4 is 5.78 Å². The maximum Gasteiger partial charge on any atom is 0.157 e. The summed E-state index contributed by atoms with van der Waals surface area (Å²) in [6, 6.07) is 7.75. The summed E-state index contributed by atoms with van der Waals surface area (Å²) in [5.41, 5.74) is 0.674. The number of benzene rings is 1. The van der Waals surface area contributed by atoms with Gasteiger partial charge in [-0.1, -0.05) is 25.1 Å². The molecule has 0 amide bonds. The maximum absolute atomic E-state index is 12.5. The van der Waals surface area contributed by atoms with Crippen molar-refractivity contribution < 1.29 is 9.53 Å². The lowest BCUT2D eigenvalue weighted by Crippen LogP contribution is -2.47. The fraction of sp³-hybridized carbons (Fsp3) is 0.533. The van der Waals surface area contributed by atoms with Gasteiger partial charge in [-0.05, 0) is 31.9 Å². The van der Waals surface area contributed by atoms with Crippen LogP contribution in [0, 0.1) is 0 Å². The zero-order valence-corrected chi connectivity index (χ0v) is 11.2. The molecule has 0 aromatic heterocycles. The van der Waals surface area contributed by atoms with Crippen molar-refractivity contribution in [1.29, 1.82) is 0 Å². The first-order valence-electron chi connectivity index (χ1n) is 6.62. The molecule has 3 nitrogen and oxygen atoms in total. The Hall–Kier alpha value is -1.35. The highest BCUT2D eigenvalue weighted by Crippen LogP contribution is 2.27. The predicted octanol–water partition coefficient (Wildman–Crippen LogP) is 2.34. The Morgan fingerprint density at radius 3 is 2.83 bits per heavy atom. The second kappa shape index (κ2) is 5.53. The van der Waals surface area contributed by atoms with E-state index in [-0.39, 0.29) is 11.3 Å². The minimum atomic E-state index is -0.305. The third kappa shape index (κ3) is 2.41. The number of carbonyl (C=O) groups is 1. The molecule has 0 aliphatic carbocycles. The van der Waals surface area contributed by atoms with Gasteiger partial charge in [0.15, 0.2) is 5.78 Å². The molecule has 1 heterocycles. The number of hydrogen-bond donors (Lipinski definition) is 1. The van der Waals surface area contributed by atoms with E-state index < -0.39 is 0 Å². The number of methoxy groups -OCH3 is 1. The van der Waals surface area contributed by atoms with Crippen molar-refractivity contribution in [2.24, 2.45) is 0 Å². The molecule has 1 atom stereocenters. The van der Waals surface area contributed by atoms with E-state index in [1.165, 1.54) is 0 Å². The largest absolute Gasteiger partial charge is 0.496 e. The van der Waals surface area contributed by atoms with Gasteiger partial charge in [-0.2, -0.15) is 0 Å². The van der Waals surface area contributed by atoms with E-state index in [1.54, 1.807) is 7.11 Å². The van der Waals surface area contributed by atoms with Crippen LogP contribution in [0.2, 0.25) is 0 Å². The highest BCUT2D eigenvalue weighted by atomic mass is 16.5. The van der Waals surface area contributed by atoms with E-state index in [0.29, 0.717) is 6.42 Å². The molecule has 1 saturated heterocycles. The quantitative estimate of drug-likeness (QED) is 0.868. The van der Waals surface area contributed by atoms with Crippen molar-refractivity contribution in [1.82, 2.24) is 5.32 Å². The first-order chi connectivity index (χ1) is 8.72. The standard InChI is InChI=1S/C15H21NO2/c1-3-15(9-6-10-16-15)14(17)11-12-7-4-5-8-13(12)18-2/h4-5,7-8,16H,3,6,9-11H2,1-2H3. The molecule has 1 aromatic carbocycles. The van der Waals surface area contributed by atoms with Crippen LogP contribution in [-0.4, -0.2) is 25.0 Å². The molecule has 18 heavy (non-hydrogen) atoms. The normalized spacial score (nSPS) is 23.0. The number of ketones is 1. The predicted molar refractivity (Wildman–Crippen MR) is 72.0 cm³/mol. The number of para-hydroxylation sites is 1. The Bertz CT molecular complexity index is 422. The zero-order chi connectivity index (χ0) is 13.0. The first kappa shape index (κ1) is 13.1. The summed E-state index contributed by atoms with van der Waals surface area (Å²) in [5.74, 6) is 1.09. The minimum Gasteiger partial charge on any atom is -0.496 e. The van der Waals surface area contributed by atoms with E-state index in [4.69, 9.17) is 4.74 Å². The number of ether oxygens (including phenoxy) is 1. The van der Waals surface area contributed by atoms with Crippen molar-refractivity contribution in [3.8, 4) is 5.75 Å². The van der Waals surface area contributed by atoms with Crippen LogP contribution in [-0.2, 0) is 11.2 Å². The van der Waals surface area contributed by atoms with Crippen molar-refractivity contribution in [2.75, 3.05) is 13.7 Å². The Labute approximate surface area is 109 Å². The highest BCUT2D eigenvalue weighted by molar-refractivity contribution is 5.91. The van der Waals surface area contributed by atoms with Gasteiger partial charge in [-0.15, -0.1) is 0 Å². The average molecular weight is 247 g/mol. The molecule has 98 valence electrons. The summed E-state index contributed by atoms with van der Waals surface area (Å²) in [6.45, 7) is 3.03. The Morgan fingerprint density at radius 1 is 1.44 bits per heavy atom. The molecule has 0 spiro atoms. The second-order valence-electron chi connectivity index (χ2n) is 4.88. The third-order valence-electron chi connectivity index (χ3n) is 3.92. The lowest BCUT2D eigenvalue weighted by Gasteiger charge is -2.26. The van der Waals surface area contributed by atoms with E-state index in [1.807, 2.05) is 24.3 Å². The summed E-state index contributed by atoms with van der Waals surface area (Å²) >= 11 is 0. The van der Waals surface area contributed by atoms with Crippen LogP contribution in [0.25, 0.3) is 0 Å². The van der Waals surface area contributed by atoms with Gasteiger partial charge in [0.25, 0.3) is 0 Å². The van der Waals surface area contributed by atoms with E-state index in [2.05, 4.69) is 12.2 Å². The fourth-order valence-electron chi connectivity index (χ4n) is 2.73. The van der Waals surface area contributed by atoms with Gasteiger partial charge in [0.2, 0.25) is 0 Å². The molecule has 1 aliphatic heterocycles. The van der Waals surface area contributed by atoms with Gasteiger partial charge >= 0.3 is 0 Å². The van der Waals surface area contributed by atoms with Crippen LogP contribution in [0.15, 0.2) is 24.3 Å². The van der Waals surface area contributed by atoms with Crippen LogP contribution in [0.3, 0.4) is 0 Å². The molecule has 1 unspecified atom stereocenters. The lowest BCUT2D eigenvalue weighted by atomic mass is 9.86. The number of carbonyl (C=O) groups excluding carboxylic acids is 1. The van der Waals surface area contributed by atoms with Gasteiger partial charge in [-0.25, -0.2) is 0 Å². The molecular weight excluding hydrogens is 226 g/mol. The molecule has 0 bridgehead atoms. The monoisotopic (exact) mass is 247 g/mol. The van der Waals surface area contributed by atoms with E-state index in [9.17, 15) is 4.79 Å². The molecule has 1 aliphatic rings. The van der Waals surface area contributed by atoms with E-state index in [0.717, 1.165) is 37.1 Å². The Morgan fingerprint density at radius 2 is 2.22 bits per heavy atom. The molecule has 0 radical (unpaired) electrons. The average Bonchev–Trinajstić information content (AvgIpc) is 2.89. The smallest absolute Gasteiger partial charge is 0.157 e. The topological polar surface area (TPSA) is 38.3 Å².